The number of fused-ring (bicyclic) bond motifs is 1. The second-order valence-corrected chi connectivity index (χ2v) is 9.29. The molecule has 144 valence electrons. The standard InChI is InChI=1S/C20H22F2N2O2S/c21-16-12-17(22)19-20(18(16)23-15-8-4-5-9-15)27(25,26)11-10-24(19)13-14-6-2-1-3-7-14/h1-3,6-7,12,15,23H,4-5,8-11,13H2. The number of nitrogens with one attached hydrogen (secondary N) is 1. The Balaban J connectivity index is 1.80. The number of halogens is 2. The van der Waals surface area contributed by atoms with E-state index in [0.717, 1.165) is 37.3 Å². The second kappa shape index (κ2) is 7.11. The minimum Gasteiger partial charge on any atom is -0.379 e. The summed E-state index contributed by atoms with van der Waals surface area (Å²) >= 11 is 0. The molecule has 2 aliphatic rings. The fourth-order valence-electron chi connectivity index (χ4n) is 4.00. The highest BCUT2D eigenvalue weighted by Gasteiger charge is 2.36. The number of hydrogen-bond acceptors (Lipinski definition) is 4. The van der Waals surface area contributed by atoms with Crippen LogP contribution in [-0.2, 0) is 16.4 Å². The molecule has 0 atom stereocenters. The maximum absolute atomic E-state index is 14.7. The maximum atomic E-state index is 14.7. The molecule has 1 fully saturated rings. The van der Waals surface area contributed by atoms with Crippen molar-refractivity contribution in [1.82, 2.24) is 0 Å². The third kappa shape index (κ3) is 3.52. The first-order chi connectivity index (χ1) is 13.0. The molecule has 4 nitrogen and oxygen atoms in total. The molecule has 0 saturated heterocycles. The molecule has 0 amide bonds. The second-order valence-electron chi connectivity index (χ2n) is 7.24. The van der Waals surface area contributed by atoms with E-state index < -0.39 is 21.5 Å². The summed E-state index contributed by atoms with van der Waals surface area (Å²) < 4.78 is 54.9. The Morgan fingerprint density at radius 2 is 1.78 bits per heavy atom. The maximum Gasteiger partial charge on any atom is 0.184 e. The van der Waals surface area contributed by atoms with Gasteiger partial charge in [-0.3, -0.25) is 0 Å². The Morgan fingerprint density at radius 3 is 2.48 bits per heavy atom. The van der Waals surface area contributed by atoms with Crippen LogP contribution in [0.1, 0.15) is 31.2 Å². The summed E-state index contributed by atoms with van der Waals surface area (Å²) in [4.78, 5) is 1.47. The molecule has 1 heterocycles. The number of nitrogens with zero attached hydrogens (tertiary/aromatic N) is 1. The normalized spacial score (nSPS) is 19.1. The number of anilines is 2. The lowest BCUT2D eigenvalue weighted by Crippen LogP contribution is -2.36. The van der Waals surface area contributed by atoms with Gasteiger partial charge in [-0.1, -0.05) is 43.2 Å². The van der Waals surface area contributed by atoms with Gasteiger partial charge < -0.3 is 10.2 Å². The van der Waals surface area contributed by atoms with E-state index in [4.69, 9.17) is 0 Å². The minimum atomic E-state index is -3.77. The zero-order valence-corrected chi connectivity index (χ0v) is 15.7. The molecule has 4 rings (SSSR count). The van der Waals surface area contributed by atoms with E-state index in [1.165, 1.54) is 0 Å². The Kier molecular flexibility index (Phi) is 4.80. The van der Waals surface area contributed by atoms with Gasteiger partial charge in [0.1, 0.15) is 4.90 Å². The molecule has 1 saturated carbocycles. The quantitative estimate of drug-likeness (QED) is 0.851. The highest BCUT2D eigenvalue weighted by molar-refractivity contribution is 7.91. The van der Waals surface area contributed by atoms with Gasteiger partial charge in [0.05, 0.1) is 17.1 Å². The SMILES string of the molecule is O=S1(=O)CCN(Cc2ccccc2)c2c(F)cc(F)c(NC3CCCC3)c21. The monoisotopic (exact) mass is 392 g/mol. The van der Waals surface area contributed by atoms with Gasteiger partial charge in [0.2, 0.25) is 0 Å². The van der Waals surface area contributed by atoms with Crippen LogP contribution in [0.4, 0.5) is 20.2 Å². The molecular formula is C20H22F2N2O2S. The molecule has 1 N–H and O–H groups in total. The van der Waals surface area contributed by atoms with Crippen molar-refractivity contribution in [3.8, 4) is 0 Å². The number of hydrogen-bond donors (Lipinski definition) is 1. The first-order valence-electron chi connectivity index (χ1n) is 9.26. The summed E-state index contributed by atoms with van der Waals surface area (Å²) in [6, 6.07) is 10.3. The van der Waals surface area contributed by atoms with Gasteiger partial charge in [-0.2, -0.15) is 0 Å². The first kappa shape index (κ1) is 18.2. The Labute approximate surface area is 158 Å². The smallest absolute Gasteiger partial charge is 0.184 e. The average Bonchev–Trinajstić information content (AvgIpc) is 3.14. The summed E-state index contributed by atoms with van der Waals surface area (Å²) in [5.74, 6) is -1.84. The Hall–Kier alpha value is -2.15. The van der Waals surface area contributed by atoms with Crippen molar-refractivity contribution in [2.75, 3.05) is 22.5 Å². The van der Waals surface area contributed by atoms with E-state index in [9.17, 15) is 17.2 Å². The van der Waals surface area contributed by atoms with Gasteiger partial charge in [0, 0.05) is 25.2 Å². The predicted molar refractivity (Wildman–Crippen MR) is 102 cm³/mol. The fraction of sp³-hybridized carbons (Fsp3) is 0.400. The molecule has 2 aromatic carbocycles. The molecule has 0 bridgehead atoms. The number of benzene rings is 2. The topological polar surface area (TPSA) is 49.4 Å². The molecule has 0 radical (unpaired) electrons. The van der Waals surface area contributed by atoms with Crippen LogP contribution in [0.3, 0.4) is 0 Å². The van der Waals surface area contributed by atoms with Gasteiger partial charge in [-0.05, 0) is 18.4 Å². The Morgan fingerprint density at radius 1 is 1.07 bits per heavy atom. The molecule has 7 heteroatoms. The van der Waals surface area contributed by atoms with Gasteiger partial charge in [-0.25, -0.2) is 17.2 Å². The molecular weight excluding hydrogens is 370 g/mol. The van der Waals surface area contributed by atoms with E-state index in [0.29, 0.717) is 6.54 Å². The highest BCUT2D eigenvalue weighted by Crippen LogP contribution is 2.41. The van der Waals surface area contributed by atoms with Crippen LogP contribution in [0.2, 0.25) is 0 Å². The van der Waals surface area contributed by atoms with Gasteiger partial charge in [0.25, 0.3) is 0 Å². The fourth-order valence-corrected chi connectivity index (χ4v) is 5.65. The van der Waals surface area contributed by atoms with Crippen LogP contribution in [0.5, 0.6) is 0 Å². The van der Waals surface area contributed by atoms with Crippen LogP contribution >= 0.6 is 0 Å². The molecule has 0 spiro atoms. The molecule has 1 aliphatic carbocycles. The van der Waals surface area contributed by atoms with Crippen molar-refractivity contribution in [2.24, 2.45) is 0 Å². The van der Waals surface area contributed by atoms with Crippen LogP contribution in [0.25, 0.3) is 0 Å². The summed E-state index contributed by atoms with van der Waals surface area (Å²) in [6.07, 6.45) is 3.77. The number of rotatable bonds is 4. The summed E-state index contributed by atoms with van der Waals surface area (Å²) in [7, 11) is -3.77. The van der Waals surface area contributed by atoms with Crippen molar-refractivity contribution >= 4 is 21.2 Å². The lowest BCUT2D eigenvalue weighted by Gasteiger charge is -2.33. The van der Waals surface area contributed by atoms with E-state index >= 15 is 0 Å². The highest BCUT2D eigenvalue weighted by atomic mass is 32.2. The lowest BCUT2D eigenvalue weighted by molar-refractivity contribution is 0.554. The summed E-state index contributed by atoms with van der Waals surface area (Å²) in [6.45, 7) is 0.546. The van der Waals surface area contributed by atoms with Crippen LogP contribution in [-0.4, -0.2) is 26.8 Å². The van der Waals surface area contributed by atoms with Gasteiger partial charge in [0.15, 0.2) is 21.5 Å². The molecule has 0 unspecified atom stereocenters. The molecule has 0 aromatic heterocycles. The largest absolute Gasteiger partial charge is 0.379 e. The van der Waals surface area contributed by atoms with Crippen molar-refractivity contribution < 1.29 is 17.2 Å². The zero-order valence-electron chi connectivity index (χ0n) is 14.9. The third-order valence-corrected chi connectivity index (χ3v) is 7.08. The molecule has 1 aliphatic heterocycles. The van der Waals surface area contributed by atoms with E-state index in [1.54, 1.807) is 4.90 Å². The van der Waals surface area contributed by atoms with Crippen LogP contribution in [0.15, 0.2) is 41.3 Å². The van der Waals surface area contributed by atoms with Crippen molar-refractivity contribution in [2.45, 2.75) is 43.2 Å². The average molecular weight is 392 g/mol. The minimum absolute atomic E-state index is 0.0213. The van der Waals surface area contributed by atoms with Gasteiger partial charge in [-0.15, -0.1) is 0 Å². The van der Waals surface area contributed by atoms with Crippen molar-refractivity contribution in [1.29, 1.82) is 0 Å². The first-order valence-corrected chi connectivity index (χ1v) is 10.9. The predicted octanol–water partition coefficient (Wildman–Crippen LogP) is 4.11. The number of sulfone groups is 1. The van der Waals surface area contributed by atoms with Crippen LogP contribution < -0.4 is 10.2 Å². The van der Waals surface area contributed by atoms with Crippen molar-refractivity contribution in [3.05, 3.63) is 53.6 Å². The van der Waals surface area contributed by atoms with E-state index in [1.807, 2.05) is 30.3 Å². The third-order valence-electron chi connectivity index (χ3n) is 5.34. The molecule has 27 heavy (non-hydrogen) atoms. The van der Waals surface area contributed by atoms with Gasteiger partial charge >= 0.3 is 0 Å². The zero-order chi connectivity index (χ0) is 19.0. The van der Waals surface area contributed by atoms with Crippen LogP contribution in [0, 0.1) is 11.6 Å². The lowest BCUT2D eigenvalue weighted by atomic mass is 10.1. The summed E-state index contributed by atoms with van der Waals surface area (Å²) in [5.41, 5.74) is 0.847. The Bertz CT molecular complexity index is 942. The molecule has 2 aromatic rings. The van der Waals surface area contributed by atoms with E-state index in [2.05, 4.69) is 5.32 Å². The van der Waals surface area contributed by atoms with E-state index in [-0.39, 0.29) is 34.6 Å². The van der Waals surface area contributed by atoms with Crippen molar-refractivity contribution in [3.63, 3.8) is 0 Å². The summed E-state index contributed by atoms with van der Waals surface area (Å²) in [5, 5.41) is 3.06.